The average Bonchev–Trinajstić information content (AvgIpc) is 2.28. The monoisotopic (exact) mass is 308 g/mol. The van der Waals surface area contributed by atoms with Gasteiger partial charge < -0.3 is 5.32 Å². The lowest BCUT2D eigenvalue weighted by Crippen LogP contribution is -2.28. The summed E-state index contributed by atoms with van der Waals surface area (Å²) in [4.78, 5) is 11.5. The maximum Gasteiger partial charge on any atom is 0.224 e. The number of hydrogen-bond acceptors (Lipinski definition) is 3. The molecule has 0 atom stereocenters. The molecule has 0 fully saturated rings. The van der Waals surface area contributed by atoms with Crippen molar-refractivity contribution in [2.75, 3.05) is 12.3 Å². The number of sulfonamides is 1. The first-order valence-corrected chi connectivity index (χ1v) is 7.59. The number of primary sulfonamides is 1. The van der Waals surface area contributed by atoms with E-state index in [2.05, 4.69) is 5.32 Å². The van der Waals surface area contributed by atoms with Gasteiger partial charge in [-0.25, -0.2) is 17.9 Å². The third-order valence-electron chi connectivity index (χ3n) is 2.33. The summed E-state index contributed by atoms with van der Waals surface area (Å²) in [7, 11) is -3.53. The van der Waals surface area contributed by atoms with Gasteiger partial charge in [0.1, 0.15) is 5.82 Å². The Balaban J connectivity index is 2.44. The molecule has 0 saturated heterocycles. The summed E-state index contributed by atoms with van der Waals surface area (Å²) >= 11 is 5.78. The lowest BCUT2D eigenvalue weighted by atomic mass is 10.1. The van der Waals surface area contributed by atoms with Crippen LogP contribution in [0.1, 0.15) is 12.0 Å². The van der Waals surface area contributed by atoms with Crippen LogP contribution in [-0.4, -0.2) is 26.6 Å². The topological polar surface area (TPSA) is 89.3 Å². The van der Waals surface area contributed by atoms with Gasteiger partial charge in [-0.3, -0.25) is 4.79 Å². The Hall–Kier alpha value is -1.18. The Morgan fingerprint density at radius 1 is 1.42 bits per heavy atom. The smallest absolute Gasteiger partial charge is 0.224 e. The fourth-order valence-corrected chi connectivity index (χ4v) is 2.20. The van der Waals surface area contributed by atoms with Crippen LogP contribution in [0.2, 0.25) is 5.02 Å². The molecule has 0 aliphatic carbocycles. The number of nitrogens with two attached hydrogens (primary N) is 1. The van der Waals surface area contributed by atoms with E-state index in [9.17, 15) is 17.6 Å². The van der Waals surface area contributed by atoms with Gasteiger partial charge in [0.2, 0.25) is 15.9 Å². The van der Waals surface area contributed by atoms with Gasteiger partial charge >= 0.3 is 0 Å². The molecule has 0 bridgehead atoms. The quantitative estimate of drug-likeness (QED) is 0.762. The molecule has 0 saturated carbocycles. The number of benzene rings is 1. The maximum absolute atomic E-state index is 13.4. The summed E-state index contributed by atoms with van der Waals surface area (Å²) in [5.74, 6) is -1.19. The minimum atomic E-state index is -3.53. The highest BCUT2D eigenvalue weighted by Gasteiger charge is 2.11. The molecule has 1 amide bonds. The zero-order valence-electron chi connectivity index (χ0n) is 10.0. The van der Waals surface area contributed by atoms with Crippen molar-refractivity contribution in [1.82, 2.24) is 5.32 Å². The first-order valence-electron chi connectivity index (χ1n) is 5.49. The molecule has 0 aliphatic rings. The largest absolute Gasteiger partial charge is 0.356 e. The van der Waals surface area contributed by atoms with Gasteiger partial charge in [-0.15, -0.1) is 0 Å². The molecule has 8 heteroatoms. The number of nitrogens with one attached hydrogen (secondary N) is 1. The Morgan fingerprint density at radius 3 is 2.68 bits per heavy atom. The van der Waals surface area contributed by atoms with Crippen molar-refractivity contribution in [1.29, 1.82) is 0 Å². The van der Waals surface area contributed by atoms with Crippen molar-refractivity contribution in [3.8, 4) is 0 Å². The molecule has 0 heterocycles. The maximum atomic E-state index is 13.4. The zero-order chi connectivity index (χ0) is 14.5. The fourth-order valence-electron chi connectivity index (χ4n) is 1.43. The third-order valence-corrected chi connectivity index (χ3v) is 3.54. The van der Waals surface area contributed by atoms with Gasteiger partial charge in [0.25, 0.3) is 0 Å². The highest BCUT2D eigenvalue weighted by molar-refractivity contribution is 7.89. The second-order valence-corrected chi connectivity index (χ2v) is 6.09. The van der Waals surface area contributed by atoms with Crippen molar-refractivity contribution in [3.05, 3.63) is 34.6 Å². The Kier molecular flexibility index (Phi) is 5.71. The molecule has 0 unspecified atom stereocenters. The van der Waals surface area contributed by atoms with Crippen LogP contribution in [-0.2, 0) is 21.2 Å². The van der Waals surface area contributed by atoms with Crippen molar-refractivity contribution in [2.24, 2.45) is 5.14 Å². The molecule has 0 aliphatic heterocycles. The number of halogens is 2. The van der Waals surface area contributed by atoms with E-state index in [1.165, 1.54) is 18.2 Å². The predicted molar refractivity (Wildman–Crippen MR) is 70.7 cm³/mol. The molecular weight excluding hydrogens is 295 g/mol. The molecule has 0 aromatic heterocycles. The van der Waals surface area contributed by atoms with Gasteiger partial charge in [0.15, 0.2) is 0 Å². The Bertz CT molecular complexity index is 543. The van der Waals surface area contributed by atoms with Crippen LogP contribution in [0.4, 0.5) is 4.39 Å². The number of hydrogen-bond donors (Lipinski definition) is 2. The lowest BCUT2D eigenvalue weighted by Gasteiger charge is -2.07. The summed E-state index contributed by atoms with van der Waals surface area (Å²) in [5, 5.41) is 7.46. The minimum absolute atomic E-state index is 0.119. The molecule has 3 N–H and O–H groups in total. The highest BCUT2D eigenvalue weighted by Crippen LogP contribution is 2.19. The van der Waals surface area contributed by atoms with Crippen molar-refractivity contribution < 1.29 is 17.6 Å². The number of carbonyl (C=O) groups is 1. The summed E-state index contributed by atoms with van der Waals surface area (Å²) < 4.78 is 34.7. The van der Waals surface area contributed by atoms with Gasteiger partial charge in [0, 0.05) is 17.1 Å². The van der Waals surface area contributed by atoms with Gasteiger partial charge in [0.05, 0.1) is 12.2 Å². The molecular formula is C11H14ClFN2O3S. The zero-order valence-corrected chi connectivity index (χ0v) is 11.6. The second kappa shape index (κ2) is 6.83. The highest BCUT2D eigenvalue weighted by atomic mass is 35.5. The third kappa shape index (κ3) is 6.00. The first kappa shape index (κ1) is 15.9. The molecule has 106 valence electrons. The second-order valence-electron chi connectivity index (χ2n) is 3.95. The van der Waals surface area contributed by atoms with Crippen LogP contribution < -0.4 is 10.5 Å². The van der Waals surface area contributed by atoms with Gasteiger partial charge in [-0.05, 0) is 18.6 Å². The van der Waals surface area contributed by atoms with E-state index < -0.39 is 21.7 Å². The standard InChI is InChI=1S/C11H14ClFN2O3S/c12-9-3-1-4-10(13)8(9)7-11(16)15-5-2-6-19(14,17)18/h1,3-4H,2,5-7H2,(H,15,16)(H2,14,17,18). The summed E-state index contributed by atoms with van der Waals surface area (Å²) in [6, 6.07) is 4.16. The number of rotatable bonds is 6. The SMILES string of the molecule is NS(=O)(=O)CCCNC(=O)Cc1c(F)cccc1Cl. The van der Waals surface area contributed by atoms with E-state index in [0.717, 1.165) is 0 Å². The summed E-state index contributed by atoms with van der Waals surface area (Å²) in [6.07, 6.45) is 0.0104. The number of amides is 1. The summed E-state index contributed by atoms with van der Waals surface area (Å²) in [5.41, 5.74) is 0.119. The minimum Gasteiger partial charge on any atom is -0.356 e. The van der Waals surface area contributed by atoms with Crippen LogP contribution in [0.5, 0.6) is 0 Å². The molecule has 19 heavy (non-hydrogen) atoms. The van der Waals surface area contributed by atoms with Gasteiger partial charge in [-0.2, -0.15) is 0 Å². The van der Waals surface area contributed by atoms with E-state index in [-0.39, 0.29) is 35.7 Å². The number of carbonyl (C=O) groups excluding carboxylic acids is 1. The van der Waals surface area contributed by atoms with Crippen LogP contribution >= 0.6 is 11.6 Å². The van der Waals surface area contributed by atoms with E-state index in [1.807, 2.05) is 0 Å². The molecule has 1 aromatic carbocycles. The fraction of sp³-hybridized carbons (Fsp3) is 0.364. The van der Waals surface area contributed by atoms with E-state index in [4.69, 9.17) is 16.7 Å². The first-order chi connectivity index (χ1) is 8.79. The molecule has 5 nitrogen and oxygen atoms in total. The lowest BCUT2D eigenvalue weighted by molar-refractivity contribution is -0.120. The molecule has 0 spiro atoms. The van der Waals surface area contributed by atoms with Crippen LogP contribution in [0.15, 0.2) is 18.2 Å². The Labute approximate surface area is 116 Å². The van der Waals surface area contributed by atoms with Crippen molar-refractivity contribution in [3.63, 3.8) is 0 Å². The van der Waals surface area contributed by atoms with Crippen molar-refractivity contribution in [2.45, 2.75) is 12.8 Å². The average molecular weight is 309 g/mol. The van der Waals surface area contributed by atoms with Gasteiger partial charge in [-0.1, -0.05) is 17.7 Å². The van der Waals surface area contributed by atoms with Crippen molar-refractivity contribution >= 4 is 27.5 Å². The van der Waals surface area contributed by atoms with Crippen LogP contribution in [0.25, 0.3) is 0 Å². The molecule has 1 aromatic rings. The molecule has 1 rings (SSSR count). The van der Waals surface area contributed by atoms with E-state index >= 15 is 0 Å². The van der Waals surface area contributed by atoms with E-state index in [0.29, 0.717) is 0 Å². The normalized spacial score (nSPS) is 11.3. The molecule has 0 radical (unpaired) electrons. The van der Waals surface area contributed by atoms with E-state index in [1.54, 1.807) is 0 Å². The van der Waals surface area contributed by atoms with Crippen LogP contribution in [0, 0.1) is 5.82 Å². The summed E-state index contributed by atoms with van der Waals surface area (Å²) in [6.45, 7) is 0.154. The Morgan fingerprint density at radius 2 is 2.11 bits per heavy atom. The predicted octanol–water partition coefficient (Wildman–Crippen LogP) is 0.816. The van der Waals surface area contributed by atoms with Crippen LogP contribution in [0.3, 0.4) is 0 Å².